The third-order valence-electron chi connectivity index (χ3n) is 3.04. The molecule has 0 atom stereocenters. The van der Waals surface area contributed by atoms with Gasteiger partial charge in [-0.3, -0.25) is 0 Å². The largest absolute Gasteiger partial charge is 0.337 e. The second kappa shape index (κ2) is 6.60. The number of nitrogens with one attached hydrogen (secondary N) is 2. The molecule has 4 aromatic rings. The zero-order chi connectivity index (χ0) is 15.7. The second-order valence-corrected chi connectivity index (χ2v) is 8.38. The molecule has 0 amide bonds. The minimum Gasteiger partial charge on any atom is -0.337 e. The Balaban J connectivity index is 0.000000131. The van der Waals surface area contributed by atoms with Gasteiger partial charge in [-0.15, -0.1) is 22.7 Å². The molecule has 0 aliphatic heterocycles. The Bertz CT molecular complexity index is 968. The van der Waals surface area contributed by atoms with Crippen LogP contribution in [0.1, 0.15) is 5.56 Å². The molecule has 0 aliphatic rings. The Morgan fingerprint density at radius 3 is 2.00 bits per heavy atom. The van der Waals surface area contributed by atoms with Crippen molar-refractivity contribution < 1.29 is 0 Å². The fourth-order valence-corrected chi connectivity index (χ4v) is 4.61. The van der Waals surface area contributed by atoms with Gasteiger partial charge in [0.2, 0.25) is 0 Å². The summed E-state index contributed by atoms with van der Waals surface area (Å²) < 4.78 is 3.94. The van der Waals surface area contributed by atoms with Crippen LogP contribution in [0.25, 0.3) is 20.4 Å². The van der Waals surface area contributed by atoms with Gasteiger partial charge in [0.05, 0.1) is 25.5 Å². The van der Waals surface area contributed by atoms with Crippen LogP contribution in [-0.2, 0) is 0 Å². The van der Waals surface area contributed by atoms with Crippen LogP contribution in [0.15, 0.2) is 36.4 Å². The molecule has 2 aromatic heterocycles. The highest BCUT2D eigenvalue weighted by Crippen LogP contribution is 2.26. The molecule has 2 heterocycles. The highest BCUT2D eigenvalue weighted by Gasteiger charge is 1.99. The van der Waals surface area contributed by atoms with Crippen molar-refractivity contribution in [2.75, 3.05) is 0 Å². The van der Waals surface area contributed by atoms with E-state index in [0.717, 1.165) is 28.7 Å². The van der Waals surface area contributed by atoms with Gasteiger partial charge in [0.15, 0.2) is 7.91 Å². The molecule has 0 radical (unpaired) electrons. The fraction of sp³-hybridized carbons (Fsp3) is 0.0667. The maximum atomic E-state index is 5.91. The Morgan fingerprint density at radius 1 is 0.864 bits per heavy atom. The normalized spacial score (nSPS) is 10.6. The topological polar surface area (TPSA) is 31.6 Å². The van der Waals surface area contributed by atoms with Crippen molar-refractivity contribution in [2.24, 2.45) is 0 Å². The van der Waals surface area contributed by atoms with Crippen LogP contribution in [0.2, 0.25) is 5.02 Å². The monoisotopic (exact) mass is 382 g/mol. The summed E-state index contributed by atoms with van der Waals surface area (Å²) >= 11 is 19.1. The number of benzene rings is 2. The van der Waals surface area contributed by atoms with Crippen LogP contribution in [0.4, 0.5) is 0 Å². The molecule has 0 unspecified atom stereocenters. The first kappa shape index (κ1) is 15.8. The molecule has 112 valence electrons. The molecule has 2 N–H and O–H groups in total. The lowest BCUT2D eigenvalue weighted by Crippen LogP contribution is -1.70. The highest BCUT2D eigenvalue weighted by atomic mass is 35.5. The van der Waals surface area contributed by atoms with E-state index in [0.29, 0.717) is 0 Å². The van der Waals surface area contributed by atoms with E-state index >= 15 is 0 Å². The molecule has 0 aliphatic carbocycles. The number of hydrogen-bond donors (Lipinski definition) is 2. The number of H-pyrrole nitrogens is 2. The molecule has 22 heavy (non-hydrogen) atoms. The number of thiazole rings is 2. The van der Waals surface area contributed by atoms with Gasteiger partial charge in [-0.25, -0.2) is 0 Å². The van der Waals surface area contributed by atoms with Crippen LogP contribution < -0.4 is 0 Å². The first-order chi connectivity index (χ1) is 10.5. The first-order valence-electron chi connectivity index (χ1n) is 6.40. The summed E-state index contributed by atoms with van der Waals surface area (Å²) in [7, 11) is 0. The van der Waals surface area contributed by atoms with Gasteiger partial charge in [-0.05, 0) is 55.1 Å². The van der Waals surface area contributed by atoms with Crippen LogP contribution in [0.5, 0.6) is 0 Å². The van der Waals surface area contributed by atoms with Crippen molar-refractivity contribution in [1.82, 2.24) is 9.97 Å². The maximum Gasteiger partial charge on any atom is 0.159 e. The number of aromatic amines is 2. The second-order valence-electron chi connectivity index (χ2n) is 4.60. The highest BCUT2D eigenvalue weighted by molar-refractivity contribution is 7.74. The van der Waals surface area contributed by atoms with Gasteiger partial charge < -0.3 is 9.97 Å². The molecule has 2 aromatic carbocycles. The molecule has 2 nitrogen and oxygen atoms in total. The molecular weight excluding hydrogens is 372 g/mol. The molecule has 0 bridgehead atoms. The van der Waals surface area contributed by atoms with Crippen LogP contribution in [0, 0.1) is 14.8 Å². The Labute approximate surface area is 150 Å². The molecule has 0 fully saturated rings. The number of aromatic nitrogens is 2. The van der Waals surface area contributed by atoms with E-state index in [9.17, 15) is 0 Å². The van der Waals surface area contributed by atoms with E-state index in [2.05, 4.69) is 29.0 Å². The number of halogens is 1. The van der Waals surface area contributed by atoms with Crippen molar-refractivity contribution >= 4 is 79.1 Å². The van der Waals surface area contributed by atoms with Gasteiger partial charge in [-0.2, -0.15) is 0 Å². The minimum absolute atomic E-state index is 0.764. The van der Waals surface area contributed by atoms with Crippen molar-refractivity contribution in [3.05, 3.63) is 54.9 Å². The molecule has 4 rings (SSSR count). The van der Waals surface area contributed by atoms with Crippen molar-refractivity contribution in [3.63, 3.8) is 0 Å². The standard InChI is InChI=1S/C8H7NS2.C7H4ClNS2/c1-5-3-2-4-6-7(5)11-8(10)9-6;8-4-2-1-3-5-6(4)11-7(10)9-5/h2-4H,1H3,(H,9,10);1-3H,(H,9,10). The van der Waals surface area contributed by atoms with Crippen molar-refractivity contribution in [1.29, 1.82) is 0 Å². The fourth-order valence-electron chi connectivity index (χ4n) is 2.05. The van der Waals surface area contributed by atoms with Crippen LogP contribution in [0.3, 0.4) is 0 Å². The van der Waals surface area contributed by atoms with Gasteiger partial charge in [0.25, 0.3) is 0 Å². The summed E-state index contributed by atoms with van der Waals surface area (Å²) in [6.45, 7) is 2.10. The summed E-state index contributed by atoms with van der Waals surface area (Å²) in [4.78, 5) is 6.18. The van der Waals surface area contributed by atoms with Crippen molar-refractivity contribution in [2.45, 2.75) is 6.92 Å². The number of fused-ring (bicyclic) bond motifs is 2. The van der Waals surface area contributed by atoms with E-state index in [4.69, 9.17) is 36.0 Å². The lowest BCUT2D eigenvalue weighted by Gasteiger charge is -1.90. The molecule has 0 saturated heterocycles. The van der Waals surface area contributed by atoms with E-state index in [1.807, 2.05) is 24.3 Å². The van der Waals surface area contributed by atoms with E-state index in [1.54, 1.807) is 11.3 Å². The lowest BCUT2D eigenvalue weighted by atomic mass is 10.2. The summed E-state index contributed by atoms with van der Waals surface area (Å²) in [5, 5.41) is 0.764. The third-order valence-corrected chi connectivity index (χ3v) is 6.14. The molecule has 7 heteroatoms. The average Bonchev–Trinajstić information content (AvgIpc) is 3.03. The number of rotatable bonds is 0. The van der Waals surface area contributed by atoms with E-state index in [1.165, 1.54) is 21.6 Å². The summed E-state index contributed by atoms with van der Waals surface area (Å²) in [5.41, 5.74) is 3.47. The quantitative estimate of drug-likeness (QED) is 0.325. The van der Waals surface area contributed by atoms with Gasteiger partial charge in [0, 0.05) is 0 Å². The van der Waals surface area contributed by atoms with Crippen LogP contribution in [-0.4, -0.2) is 9.97 Å². The van der Waals surface area contributed by atoms with E-state index in [-0.39, 0.29) is 0 Å². The molecule has 0 spiro atoms. The molecule has 0 saturated carbocycles. The van der Waals surface area contributed by atoms with Gasteiger partial charge in [0.1, 0.15) is 0 Å². The van der Waals surface area contributed by atoms with Crippen LogP contribution >= 0.6 is 58.7 Å². The molecular formula is C15H11ClN2S4. The van der Waals surface area contributed by atoms with Gasteiger partial charge in [-0.1, -0.05) is 29.8 Å². The Kier molecular flexibility index (Phi) is 4.75. The van der Waals surface area contributed by atoms with E-state index < -0.39 is 0 Å². The average molecular weight is 383 g/mol. The predicted octanol–water partition coefficient (Wildman–Crippen LogP) is 6.88. The minimum atomic E-state index is 0.764. The van der Waals surface area contributed by atoms with Gasteiger partial charge >= 0.3 is 0 Å². The SMILES string of the molecule is Cc1cccc2[nH]c(=S)sc12.S=c1[nH]c2cccc(Cl)c2s1. The number of aryl methyl sites for hydroxylation is 1. The zero-order valence-corrected chi connectivity index (χ0v) is 15.5. The summed E-state index contributed by atoms with van der Waals surface area (Å²) in [6, 6.07) is 11.9. The predicted molar refractivity (Wildman–Crippen MR) is 104 cm³/mol. The third kappa shape index (κ3) is 3.31. The summed E-state index contributed by atoms with van der Waals surface area (Å²) in [5.74, 6) is 0. The Morgan fingerprint density at radius 2 is 1.41 bits per heavy atom. The summed E-state index contributed by atoms with van der Waals surface area (Å²) in [6.07, 6.45) is 0. The lowest BCUT2D eigenvalue weighted by molar-refractivity contribution is 1.45. The number of hydrogen-bond acceptors (Lipinski definition) is 4. The maximum absolute atomic E-state index is 5.91. The smallest absolute Gasteiger partial charge is 0.159 e. The Hall–Kier alpha value is -1.05. The zero-order valence-electron chi connectivity index (χ0n) is 11.5. The van der Waals surface area contributed by atoms with Crippen molar-refractivity contribution in [3.8, 4) is 0 Å². The first-order valence-corrected chi connectivity index (χ1v) is 9.23.